The molecular formula is C18H16N2O3. The van der Waals surface area contributed by atoms with Crippen molar-refractivity contribution in [1.29, 1.82) is 0 Å². The lowest BCUT2D eigenvalue weighted by molar-refractivity contribution is 0.0955. The topological polar surface area (TPSA) is 70.9 Å². The van der Waals surface area contributed by atoms with Crippen molar-refractivity contribution in [2.24, 2.45) is 5.10 Å². The third-order valence-corrected chi connectivity index (χ3v) is 3.68. The summed E-state index contributed by atoms with van der Waals surface area (Å²) in [6.07, 6.45) is 4.59. The zero-order valence-corrected chi connectivity index (χ0v) is 12.6. The van der Waals surface area contributed by atoms with Gasteiger partial charge in [-0.2, -0.15) is 5.10 Å². The summed E-state index contributed by atoms with van der Waals surface area (Å²) >= 11 is 0. The molecule has 0 aromatic heterocycles. The molecule has 5 nitrogen and oxygen atoms in total. The lowest BCUT2D eigenvalue weighted by Crippen LogP contribution is -2.17. The van der Waals surface area contributed by atoms with Crippen molar-refractivity contribution in [3.05, 3.63) is 65.2 Å². The maximum Gasteiger partial charge on any atom is 0.271 e. The van der Waals surface area contributed by atoms with Crippen LogP contribution in [0, 0.1) is 0 Å². The van der Waals surface area contributed by atoms with E-state index in [9.17, 15) is 9.90 Å². The first-order chi connectivity index (χ1) is 11.2. The second kappa shape index (κ2) is 6.36. The number of ether oxygens (including phenoxy) is 1. The summed E-state index contributed by atoms with van der Waals surface area (Å²) in [5.41, 5.74) is 6.22. The standard InChI is InChI=1S/C18H16N2O3/c1-23-17-10-13(8-9-16(17)21)18(22)20-19-11-14-7-6-12-4-2-3-5-15(12)14/h2-5,7-11,21H,6H2,1H3,(H,20,22)/b19-11+. The minimum Gasteiger partial charge on any atom is -0.504 e. The second-order valence-corrected chi connectivity index (χ2v) is 5.11. The number of hydrogen-bond acceptors (Lipinski definition) is 4. The highest BCUT2D eigenvalue weighted by Gasteiger charge is 2.12. The van der Waals surface area contributed by atoms with Gasteiger partial charge in [-0.15, -0.1) is 0 Å². The van der Waals surface area contributed by atoms with Crippen LogP contribution in [0.3, 0.4) is 0 Å². The summed E-state index contributed by atoms with van der Waals surface area (Å²) in [5.74, 6) is -0.138. The number of phenols is 1. The van der Waals surface area contributed by atoms with Crippen molar-refractivity contribution in [3.8, 4) is 11.5 Å². The molecule has 0 aliphatic heterocycles. The molecule has 2 aromatic rings. The van der Waals surface area contributed by atoms with E-state index in [1.807, 2.05) is 18.2 Å². The molecule has 23 heavy (non-hydrogen) atoms. The van der Waals surface area contributed by atoms with Crippen LogP contribution in [0.5, 0.6) is 11.5 Å². The van der Waals surface area contributed by atoms with Gasteiger partial charge in [-0.1, -0.05) is 30.3 Å². The first kappa shape index (κ1) is 14.8. The highest BCUT2D eigenvalue weighted by molar-refractivity contribution is 6.12. The van der Waals surface area contributed by atoms with Crippen LogP contribution in [0.25, 0.3) is 5.57 Å². The van der Waals surface area contributed by atoms with Gasteiger partial charge in [-0.25, -0.2) is 5.43 Å². The Labute approximate surface area is 133 Å². The molecule has 2 aromatic carbocycles. The van der Waals surface area contributed by atoms with Crippen LogP contribution < -0.4 is 10.2 Å². The van der Waals surface area contributed by atoms with E-state index in [-0.39, 0.29) is 17.4 Å². The van der Waals surface area contributed by atoms with E-state index in [1.54, 1.807) is 6.21 Å². The third kappa shape index (κ3) is 3.08. The van der Waals surface area contributed by atoms with E-state index in [4.69, 9.17) is 4.74 Å². The Kier molecular flexibility index (Phi) is 4.10. The third-order valence-electron chi connectivity index (χ3n) is 3.68. The van der Waals surface area contributed by atoms with Gasteiger partial charge >= 0.3 is 0 Å². The molecule has 0 heterocycles. The Morgan fingerprint density at radius 1 is 1.30 bits per heavy atom. The molecule has 0 unspecified atom stereocenters. The first-order valence-corrected chi connectivity index (χ1v) is 7.18. The molecule has 1 aliphatic rings. The maximum absolute atomic E-state index is 12.1. The molecule has 0 bridgehead atoms. The molecule has 0 radical (unpaired) electrons. The fourth-order valence-corrected chi connectivity index (χ4v) is 2.48. The molecular weight excluding hydrogens is 292 g/mol. The molecule has 3 rings (SSSR count). The van der Waals surface area contributed by atoms with E-state index < -0.39 is 0 Å². The summed E-state index contributed by atoms with van der Waals surface area (Å²) in [6, 6.07) is 12.5. The molecule has 0 atom stereocenters. The van der Waals surface area contributed by atoms with Crippen LogP contribution in [0.1, 0.15) is 21.5 Å². The maximum atomic E-state index is 12.1. The van der Waals surface area contributed by atoms with Crippen LogP contribution in [-0.2, 0) is 6.42 Å². The monoisotopic (exact) mass is 308 g/mol. The Morgan fingerprint density at radius 2 is 2.13 bits per heavy atom. The average Bonchev–Trinajstić information content (AvgIpc) is 2.98. The van der Waals surface area contributed by atoms with Gasteiger partial charge in [0.25, 0.3) is 5.91 Å². The molecule has 0 saturated heterocycles. The smallest absolute Gasteiger partial charge is 0.271 e. The molecule has 1 amide bonds. The minimum absolute atomic E-state index is 0.0136. The number of nitrogens with zero attached hydrogens (tertiary/aromatic N) is 1. The summed E-state index contributed by atoms with van der Waals surface area (Å²) in [7, 11) is 1.43. The number of nitrogens with one attached hydrogen (secondary N) is 1. The number of hydrazone groups is 1. The van der Waals surface area contributed by atoms with Crippen molar-refractivity contribution < 1.29 is 14.6 Å². The number of phenolic OH excluding ortho intramolecular Hbond substituents is 1. The fraction of sp³-hybridized carbons (Fsp3) is 0.111. The van der Waals surface area contributed by atoms with Crippen LogP contribution in [0.4, 0.5) is 0 Å². The number of amides is 1. The average molecular weight is 308 g/mol. The predicted molar refractivity (Wildman–Crippen MR) is 88.7 cm³/mol. The fourth-order valence-electron chi connectivity index (χ4n) is 2.48. The number of carbonyl (C=O) groups excluding carboxylic acids is 1. The number of methoxy groups -OCH3 is 1. The van der Waals surface area contributed by atoms with E-state index >= 15 is 0 Å². The van der Waals surface area contributed by atoms with Crippen LogP contribution >= 0.6 is 0 Å². The number of aromatic hydroxyl groups is 1. The second-order valence-electron chi connectivity index (χ2n) is 5.11. The van der Waals surface area contributed by atoms with Gasteiger partial charge in [-0.3, -0.25) is 4.79 Å². The zero-order valence-electron chi connectivity index (χ0n) is 12.6. The number of fused-ring (bicyclic) bond motifs is 1. The van der Waals surface area contributed by atoms with Gasteiger partial charge in [0.1, 0.15) is 0 Å². The molecule has 1 aliphatic carbocycles. The Hall–Kier alpha value is -3.08. The lowest BCUT2D eigenvalue weighted by atomic mass is 10.1. The van der Waals surface area contributed by atoms with Crippen LogP contribution in [-0.4, -0.2) is 24.3 Å². The summed E-state index contributed by atoms with van der Waals surface area (Å²) in [5, 5.41) is 13.5. The highest BCUT2D eigenvalue weighted by Crippen LogP contribution is 2.26. The Balaban J connectivity index is 1.68. The van der Waals surface area contributed by atoms with E-state index in [2.05, 4.69) is 22.7 Å². The summed E-state index contributed by atoms with van der Waals surface area (Å²) < 4.78 is 4.98. The van der Waals surface area contributed by atoms with Crippen molar-refractivity contribution in [1.82, 2.24) is 5.43 Å². The van der Waals surface area contributed by atoms with Gasteiger partial charge in [0.2, 0.25) is 0 Å². The zero-order chi connectivity index (χ0) is 16.2. The van der Waals surface area contributed by atoms with Crippen molar-refractivity contribution in [2.45, 2.75) is 6.42 Å². The summed E-state index contributed by atoms with van der Waals surface area (Å²) in [4.78, 5) is 12.1. The molecule has 5 heteroatoms. The van der Waals surface area contributed by atoms with E-state index in [0.29, 0.717) is 5.56 Å². The normalized spacial score (nSPS) is 12.8. The molecule has 0 saturated carbocycles. The van der Waals surface area contributed by atoms with Crippen molar-refractivity contribution in [2.75, 3.05) is 7.11 Å². The predicted octanol–water partition coefficient (Wildman–Crippen LogP) is 2.76. The number of allylic oxidation sites excluding steroid dienone is 2. The van der Waals surface area contributed by atoms with Gasteiger partial charge < -0.3 is 9.84 Å². The SMILES string of the molecule is COc1cc(C(=O)N/N=C/C2=CCc3ccccc32)ccc1O. The van der Waals surface area contributed by atoms with E-state index in [1.165, 1.54) is 30.9 Å². The number of benzene rings is 2. The lowest BCUT2D eigenvalue weighted by Gasteiger charge is -2.05. The number of hydrogen-bond donors (Lipinski definition) is 2. The Morgan fingerprint density at radius 3 is 2.96 bits per heavy atom. The van der Waals surface area contributed by atoms with Crippen molar-refractivity contribution >= 4 is 17.7 Å². The van der Waals surface area contributed by atoms with Gasteiger partial charge in [0.15, 0.2) is 11.5 Å². The van der Waals surface area contributed by atoms with Crippen molar-refractivity contribution in [3.63, 3.8) is 0 Å². The summed E-state index contributed by atoms with van der Waals surface area (Å²) in [6.45, 7) is 0. The first-order valence-electron chi connectivity index (χ1n) is 7.18. The number of rotatable bonds is 4. The number of carbonyl (C=O) groups is 1. The van der Waals surface area contributed by atoms with Crippen LogP contribution in [0.2, 0.25) is 0 Å². The highest BCUT2D eigenvalue weighted by atomic mass is 16.5. The minimum atomic E-state index is -0.369. The van der Waals surface area contributed by atoms with Gasteiger partial charge in [0, 0.05) is 5.56 Å². The van der Waals surface area contributed by atoms with Gasteiger partial charge in [-0.05, 0) is 41.3 Å². The molecule has 0 spiro atoms. The largest absolute Gasteiger partial charge is 0.504 e. The molecule has 2 N–H and O–H groups in total. The molecule has 0 fully saturated rings. The Bertz CT molecular complexity index is 810. The quantitative estimate of drug-likeness (QED) is 0.674. The molecule has 116 valence electrons. The van der Waals surface area contributed by atoms with Gasteiger partial charge in [0.05, 0.1) is 13.3 Å². The van der Waals surface area contributed by atoms with Crippen LogP contribution in [0.15, 0.2) is 53.6 Å². The van der Waals surface area contributed by atoms with E-state index in [0.717, 1.165) is 17.6 Å².